The Morgan fingerprint density at radius 2 is 1.92 bits per heavy atom. The van der Waals surface area contributed by atoms with Gasteiger partial charge < -0.3 is 10.4 Å². The van der Waals surface area contributed by atoms with Gasteiger partial charge >= 0.3 is 5.97 Å². The fourth-order valence-electron chi connectivity index (χ4n) is 2.88. The van der Waals surface area contributed by atoms with E-state index in [0.29, 0.717) is 28.8 Å². The summed E-state index contributed by atoms with van der Waals surface area (Å²) in [6, 6.07) is 12.9. The van der Waals surface area contributed by atoms with Crippen LogP contribution in [0.1, 0.15) is 37.0 Å². The first-order valence-electron chi connectivity index (χ1n) is 8.17. The first-order chi connectivity index (χ1) is 12.4. The van der Waals surface area contributed by atoms with E-state index in [4.69, 9.17) is 5.26 Å². The Morgan fingerprint density at radius 1 is 1.27 bits per heavy atom. The third kappa shape index (κ3) is 3.49. The number of nitrogens with zero attached hydrogens (tertiary/aromatic N) is 2. The molecule has 0 heterocycles. The number of hydrogen-bond acceptors (Lipinski definition) is 5. The number of anilines is 1. The molecule has 0 fully saturated rings. The average Bonchev–Trinajstić information content (AvgIpc) is 2.65. The van der Waals surface area contributed by atoms with E-state index in [0.717, 1.165) is 0 Å². The lowest BCUT2D eigenvalue weighted by atomic mass is 9.85. The number of nitriles is 1. The van der Waals surface area contributed by atoms with Crippen molar-refractivity contribution in [1.82, 2.24) is 0 Å². The second-order valence-electron chi connectivity index (χ2n) is 5.83. The molecule has 0 aliphatic rings. The van der Waals surface area contributed by atoms with E-state index in [-0.39, 0.29) is 12.1 Å². The molecule has 0 saturated heterocycles. The Bertz CT molecular complexity index is 871. The van der Waals surface area contributed by atoms with Crippen LogP contribution < -0.4 is 5.32 Å². The number of carboxylic acids is 1. The molecule has 0 aromatic heterocycles. The van der Waals surface area contributed by atoms with Crippen LogP contribution in [0.4, 0.5) is 11.4 Å². The van der Waals surface area contributed by atoms with Crippen LogP contribution in [-0.2, 0) is 16.8 Å². The molecule has 2 aromatic carbocycles. The van der Waals surface area contributed by atoms with Gasteiger partial charge in [0.1, 0.15) is 0 Å². The zero-order valence-electron chi connectivity index (χ0n) is 14.5. The number of nitrogens with one attached hydrogen (secondary N) is 1. The zero-order chi connectivity index (χ0) is 19.3. The minimum Gasteiger partial charge on any atom is -0.479 e. The highest BCUT2D eigenvalue weighted by atomic mass is 16.6. The predicted molar refractivity (Wildman–Crippen MR) is 96.9 cm³/mol. The molecule has 7 heteroatoms. The van der Waals surface area contributed by atoms with Gasteiger partial charge in [0.2, 0.25) is 0 Å². The largest absolute Gasteiger partial charge is 0.479 e. The monoisotopic (exact) mass is 353 g/mol. The van der Waals surface area contributed by atoms with Crippen LogP contribution in [0.15, 0.2) is 42.5 Å². The maximum Gasteiger partial charge on any atom is 0.334 e. The number of carbonyl (C=O) groups is 1. The number of nitro groups is 1. The van der Waals surface area contributed by atoms with Gasteiger partial charge in [-0.05, 0) is 54.8 Å². The van der Waals surface area contributed by atoms with Crippen LogP contribution >= 0.6 is 0 Å². The summed E-state index contributed by atoms with van der Waals surface area (Å²) in [4.78, 5) is 22.8. The number of rotatable bonds is 7. The molecule has 0 radical (unpaired) electrons. The summed E-state index contributed by atoms with van der Waals surface area (Å²) in [6.45, 7) is 3.52. The summed E-state index contributed by atoms with van der Waals surface area (Å²) in [6.07, 6.45) is 0.643. The maximum absolute atomic E-state index is 12.2. The van der Waals surface area contributed by atoms with Gasteiger partial charge in [0, 0.05) is 17.3 Å². The van der Waals surface area contributed by atoms with Crippen molar-refractivity contribution in [1.29, 1.82) is 5.26 Å². The SMILES string of the molecule is CCc1cc(C(CC)(Nc2ccc(C#N)cc2)C(=O)O)ccc1[N+](=O)[O-]. The predicted octanol–water partition coefficient (Wildman–Crippen LogP) is 3.83. The first kappa shape index (κ1) is 18.9. The van der Waals surface area contributed by atoms with Gasteiger partial charge in [0.25, 0.3) is 5.69 Å². The van der Waals surface area contributed by atoms with Crippen molar-refractivity contribution in [2.75, 3.05) is 5.32 Å². The van der Waals surface area contributed by atoms with E-state index in [1.807, 2.05) is 6.07 Å². The van der Waals surface area contributed by atoms with Crippen molar-refractivity contribution in [3.63, 3.8) is 0 Å². The van der Waals surface area contributed by atoms with Gasteiger partial charge in [-0.25, -0.2) is 4.79 Å². The second kappa shape index (κ2) is 7.66. The molecule has 0 bridgehead atoms. The normalized spacial score (nSPS) is 12.7. The standard InChI is InChI=1S/C19H19N3O4/c1-3-14-11-15(7-10-17(14)22(25)26)19(4-2,18(23)24)21-16-8-5-13(12-20)6-9-16/h5-11,21H,3-4H2,1-2H3,(H,23,24). The van der Waals surface area contributed by atoms with Crippen LogP contribution in [0, 0.1) is 21.4 Å². The highest BCUT2D eigenvalue weighted by Gasteiger charge is 2.39. The highest BCUT2D eigenvalue weighted by molar-refractivity contribution is 5.85. The van der Waals surface area contributed by atoms with Crippen molar-refractivity contribution >= 4 is 17.3 Å². The fourth-order valence-corrected chi connectivity index (χ4v) is 2.88. The summed E-state index contributed by atoms with van der Waals surface area (Å²) in [5, 5.41) is 33.0. The molecule has 2 N–H and O–H groups in total. The van der Waals surface area contributed by atoms with Crippen LogP contribution in [0.25, 0.3) is 0 Å². The van der Waals surface area contributed by atoms with E-state index in [1.165, 1.54) is 12.1 Å². The minimum atomic E-state index is -1.44. The van der Waals surface area contributed by atoms with Gasteiger partial charge in [-0.1, -0.05) is 13.8 Å². The van der Waals surface area contributed by atoms with Crippen molar-refractivity contribution in [3.8, 4) is 6.07 Å². The first-order valence-corrected chi connectivity index (χ1v) is 8.17. The lowest BCUT2D eigenvalue weighted by Gasteiger charge is -2.31. The number of aryl methyl sites for hydroxylation is 1. The Balaban J connectivity index is 2.54. The van der Waals surface area contributed by atoms with Crippen LogP contribution in [0.3, 0.4) is 0 Å². The van der Waals surface area contributed by atoms with Gasteiger partial charge in [-0.15, -0.1) is 0 Å². The van der Waals surface area contributed by atoms with Crippen molar-refractivity contribution in [2.24, 2.45) is 0 Å². The summed E-state index contributed by atoms with van der Waals surface area (Å²) >= 11 is 0. The molecule has 1 atom stereocenters. The molecule has 0 spiro atoms. The van der Waals surface area contributed by atoms with Crippen molar-refractivity contribution < 1.29 is 14.8 Å². The summed E-state index contributed by atoms with van der Waals surface area (Å²) in [7, 11) is 0. The molecule has 0 aliphatic heterocycles. The third-order valence-corrected chi connectivity index (χ3v) is 4.42. The van der Waals surface area contributed by atoms with Crippen LogP contribution in [0.2, 0.25) is 0 Å². The molecule has 7 nitrogen and oxygen atoms in total. The number of aliphatic carboxylic acids is 1. The molecular formula is C19H19N3O4. The van der Waals surface area contributed by atoms with Crippen molar-refractivity contribution in [3.05, 3.63) is 69.3 Å². The number of hydrogen-bond donors (Lipinski definition) is 2. The Hall–Kier alpha value is -3.40. The number of nitro benzene ring substituents is 1. The fraction of sp³-hybridized carbons (Fsp3) is 0.263. The van der Waals surface area contributed by atoms with Crippen molar-refractivity contribution in [2.45, 2.75) is 32.2 Å². The molecule has 134 valence electrons. The molecule has 2 aromatic rings. The van der Waals surface area contributed by atoms with Crippen LogP contribution in [-0.4, -0.2) is 16.0 Å². The molecule has 0 amide bonds. The summed E-state index contributed by atoms with van der Waals surface area (Å²) < 4.78 is 0. The van der Waals surface area contributed by atoms with Gasteiger partial charge in [0.15, 0.2) is 5.54 Å². The summed E-state index contributed by atoms with van der Waals surface area (Å²) in [5.74, 6) is -1.08. The number of benzene rings is 2. The quantitative estimate of drug-likeness (QED) is 0.577. The van der Waals surface area contributed by atoms with E-state index < -0.39 is 16.4 Å². The Kier molecular flexibility index (Phi) is 5.58. The average molecular weight is 353 g/mol. The molecule has 0 saturated carbocycles. The topological polar surface area (TPSA) is 116 Å². The lowest BCUT2D eigenvalue weighted by molar-refractivity contribution is -0.385. The molecule has 26 heavy (non-hydrogen) atoms. The second-order valence-corrected chi connectivity index (χ2v) is 5.83. The maximum atomic E-state index is 12.2. The Labute approximate surface area is 151 Å². The smallest absolute Gasteiger partial charge is 0.334 e. The van der Waals surface area contributed by atoms with Gasteiger partial charge in [-0.2, -0.15) is 5.26 Å². The van der Waals surface area contributed by atoms with E-state index >= 15 is 0 Å². The number of carboxylic acid groups (broad SMARTS) is 1. The molecule has 0 aliphatic carbocycles. The highest BCUT2D eigenvalue weighted by Crippen LogP contribution is 2.33. The zero-order valence-corrected chi connectivity index (χ0v) is 14.5. The van der Waals surface area contributed by atoms with Crippen LogP contribution in [0.5, 0.6) is 0 Å². The molecule has 2 rings (SSSR count). The lowest BCUT2D eigenvalue weighted by Crippen LogP contribution is -2.43. The minimum absolute atomic E-state index is 0.0231. The van der Waals surface area contributed by atoms with E-state index in [1.54, 1.807) is 44.2 Å². The Morgan fingerprint density at radius 3 is 2.38 bits per heavy atom. The van der Waals surface area contributed by atoms with E-state index in [9.17, 15) is 20.0 Å². The van der Waals surface area contributed by atoms with Gasteiger partial charge in [0.05, 0.1) is 16.6 Å². The van der Waals surface area contributed by atoms with Gasteiger partial charge in [-0.3, -0.25) is 10.1 Å². The molecule has 1 unspecified atom stereocenters. The molecular weight excluding hydrogens is 334 g/mol. The third-order valence-electron chi connectivity index (χ3n) is 4.42. The van der Waals surface area contributed by atoms with E-state index in [2.05, 4.69) is 5.32 Å². The summed E-state index contributed by atoms with van der Waals surface area (Å²) in [5.41, 5.74) is 0.478.